The molecule has 0 bridgehead atoms. The molecule has 1 aliphatic rings. The van der Waals surface area contributed by atoms with Crippen molar-refractivity contribution in [2.24, 2.45) is 5.92 Å². The lowest BCUT2D eigenvalue weighted by molar-refractivity contribution is -0.117. The molecule has 1 saturated carbocycles. The fraction of sp³-hybridized carbons (Fsp3) is 0.462. The summed E-state index contributed by atoms with van der Waals surface area (Å²) in [4.78, 5) is 35.6. The van der Waals surface area contributed by atoms with Gasteiger partial charge in [0.1, 0.15) is 9.88 Å². The van der Waals surface area contributed by atoms with Crippen LogP contribution in [0.15, 0.2) is 0 Å². The first kappa shape index (κ1) is 14.5. The number of thiophene rings is 1. The van der Waals surface area contributed by atoms with Gasteiger partial charge in [0.05, 0.1) is 19.8 Å². The standard InChI is InChI=1S/C13H15NO5S/c1-6-8(12(16)18-2)11(14-10(15)7-4-5-7)20-9(6)13(17)19-3/h7H,4-5H2,1-3H3,(H,14,15). The van der Waals surface area contributed by atoms with Crippen LogP contribution in [0.3, 0.4) is 0 Å². The fourth-order valence-electron chi connectivity index (χ4n) is 1.80. The van der Waals surface area contributed by atoms with E-state index in [2.05, 4.69) is 10.1 Å². The molecule has 0 aliphatic heterocycles. The molecular weight excluding hydrogens is 282 g/mol. The minimum absolute atomic E-state index is 0.00415. The molecule has 7 heteroatoms. The first-order valence-corrected chi connectivity index (χ1v) is 6.92. The number of methoxy groups -OCH3 is 2. The third-order valence-corrected chi connectivity index (χ3v) is 4.28. The van der Waals surface area contributed by atoms with E-state index in [0.29, 0.717) is 15.4 Å². The maximum absolute atomic E-state index is 11.8. The number of amides is 1. The van der Waals surface area contributed by atoms with Gasteiger partial charge in [-0.2, -0.15) is 0 Å². The van der Waals surface area contributed by atoms with Crippen molar-refractivity contribution in [2.45, 2.75) is 19.8 Å². The first-order valence-electron chi connectivity index (χ1n) is 6.10. The molecule has 0 aromatic carbocycles. The first-order chi connectivity index (χ1) is 9.49. The Morgan fingerprint density at radius 3 is 2.25 bits per heavy atom. The molecule has 1 aromatic rings. The Morgan fingerprint density at radius 1 is 1.15 bits per heavy atom. The van der Waals surface area contributed by atoms with Crippen molar-refractivity contribution in [3.05, 3.63) is 16.0 Å². The summed E-state index contributed by atoms with van der Waals surface area (Å²) in [6.07, 6.45) is 1.71. The van der Waals surface area contributed by atoms with Crippen LogP contribution in [0.2, 0.25) is 0 Å². The number of hydrogen-bond acceptors (Lipinski definition) is 6. The SMILES string of the molecule is COC(=O)c1sc(NC(=O)C2CC2)c(C(=O)OC)c1C. The zero-order valence-electron chi connectivity index (χ0n) is 11.4. The number of esters is 2. The summed E-state index contributed by atoms with van der Waals surface area (Å²) in [6, 6.07) is 0. The van der Waals surface area contributed by atoms with E-state index in [1.165, 1.54) is 14.2 Å². The van der Waals surface area contributed by atoms with Crippen molar-refractivity contribution in [1.29, 1.82) is 0 Å². The number of carbonyl (C=O) groups excluding carboxylic acids is 3. The highest BCUT2D eigenvalue weighted by Gasteiger charge is 2.32. The minimum atomic E-state index is -0.583. The van der Waals surface area contributed by atoms with Gasteiger partial charge in [0.2, 0.25) is 5.91 Å². The van der Waals surface area contributed by atoms with Gasteiger partial charge in [-0.25, -0.2) is 9.59 Å². The Kier molecular flexibility index (Phi) is 4.08. The average Bonchev–Trinajstić information content (AvgIpc) is 3.23. The lowest BCUT2D eigenvalue weighted by Crippen LogP contribution is -2.15. The van der Waals surface area contributed by atoms with Crippen LogP contribution in [-0.4, -0.2) is 32.1 Å². The highest BCUT2D eigenvalue weighted by atomic mass is 32.1. The van der Waals surface area contributed by atoms with E-state index in [4.69, 9.17) is 4.74 Å². The molecule has 0 atom stereocenters. The zero-order chi connectivity index (χ0) is 14.9. The summed E-state index contributed by atoms with van der Waals surface area (Å²) in [5.74, 6) is -1.25. The largest absolute Gasteiger partial charge is 0.465 e. The average molecular weight is 297 g/mol. The number of ether oxygens (including phenoxy) is 2. The number of nitrogens with one attached hydrogen (secondary N) is 1. The Bertz CT molecular complexity index is 574. The summed E-state index contributed by atoms with van der Waals surface area (Å²) < 4.78 is 9.38. The van der Waals surface area contributed by atoms with Crippen molar-refractivity contribution in [2.75, 3.05) is 19.5 Å². The number of anilines is 1. The van der Waals surface area contributed by atoms with Crippen LogP contribution in [0.1, 0.15) is 38.4 Å². The van der Waals surface area contributed by atoms with Crippen LogP contribution >= 0.6 is 11.3 Å². The molecule has 1 heterocycles. The minimum Gasteiger partial charge on any atom is -0.465 e. The van der Waals surface area contributed by atoms with Gasteiger partial charge in [-0.05, 0) is 25.3 Å². The normalized spacial score (nSPS) is 13.8. The molecule has 0 spiro atoms. The van der Waals surface area contributed by atoms with Crippen LogP contribution in [0.25, 0.3) is 0 Å². The van der Waals surface area contributed by atoms with E-state index in [0.717, 1.165) is 24.2 Å². The van der Waals surface area contributed by atoms with Gasteiger partial charge in [-0.3, -0.25) is 4.79 Å². The molecule has 6 nitrogen and oxygen atoms in total. The number of hydrogen-bond donors (Lipinski definition) is 1. The highest BCUT2D eigenvalue weighted by Crippen LogP contribution is 2.36. The molecule has 0 unspecified atom stereocenters. The van der Waals surface area contributed by atoms with Gasteiger partial charge in [0, 0.05) is 5.92 Å². The van der Waals surface area contributed by atoms with Crippen molar-refractivity contribution >= 4 is 34.2 Å². The van der Waals surface area contributed by atoms with E-state index in [9.17, 15) is 14.4 Å². The van der Waals surface area contributed by atoms with Crippen molar-refractivity contribution in [1.82, 2.24) is 0 Å². The number of carbonyl (C=O) groups is 3. The summed E-state index contributed by atoms with van der Waals surface area (Å²) >= 11 is 1.03. The Balaban J connectivity index is 2.39. The van der Waals surface area contributed by atoms with Crippen LogP contribution in [-0.2, 0) is 14.3 Å². The molecule has 0 radical (unpaired) electrons. The van der Waals surface area contributed by atoms with Gasteiger partial charge in [0.15, 0.2) is 0 Å². The molecule has 1 fully saturated rings. The molecule has 0 saturated heterocycles. The van der Waals surface area contributed by atoms with E-state index in [1.807, 2.05) is 0 Å². The lowest BCUT2D eigenvalue weighted by Gasteiger charge is -2.04. The van der Waals surface area contributed by atoms with Gasteiger partial charge in [-0.15, -0.1) is 11.3 Å². The lowest BCUT2D eigenvalue weighted by atomic mass is 10.1. The Labute approximate surface area is 120 Å². The predicted octanol–water partition coefficient (Wildman–Crippen LogP) is 1.98. The second kappa shape index (κ2) is 5.62. The second-order valence-corrected chi connectivity index (χ2v) is 5.53. The zero-order valence-corrected chi connectivity index (χ0v) is 12.3. The Hall–Kier alpha value is -1.89. The molecule has 1 amide bonds. The van der Waals surface area contributed by atoms with E-state index < -0.39 is 11.9 Å². The van der Waals surface area contributed by atoms with Crippen molar-refractivity contribution in [3.8, 4) is 0 Å². The van der Waals surface area contributed by atoms with Gasteiger partial charge in [0.25, 0.3) is 0 Å². The molecule has 1 aliphatic carbocycles. The van der Waals surface area contributed by atoms with Gasteiger partial charge < -0.3 is 14.8 Å². The third kappa shape index (κ3) is 2.67. The van der Waals surface area contributed by atoms with Crippen LogP contribution in [0.5, 0.6) is 0 Å². The quantitative estimate of drug-likeness (QED) is 0.859. The van der Waals surface area contributed by atoms with E-state index >= 15 is 0 Å². The van der Waals surface area contributed by atoms with Crippen molar-refractivity contribution in [3.63, 3.8) is 0 Å². The maximum atomic E-state index is 11.8. The van der Waals surface area contributed by atoms with Crippen LogP contribution in [0, 0.1) is 12.8 Å². The van der Waals surface area contributed by atoms with E-state index in [-0.39, 0.29) is 17.4 Å². The molecule has 108 valence electrons. The summed E-state index contributed by atoms with van der Waals surface area (Å²) in [5, 5.41) is 3.04. The van der Waals surface area contributed by atoms with Gasteiger partial charge >= 0.3 is 11.9 Å². The molecule has 20 heavy (non-hydrogen) atoms. The topological polar surface area (TPSA) is 81.7 Å². The van der Waals surface area contributed by atoms with Crippen molar-refractivity contribution < 1.29 is 23.9 Å². The smallest absolute Gasteiger partial charge is 0.348 e. The highest BCUT2D eigenvalue weighted by molar-refractivity contribution is 7.18. The predicted molar refractivity (Wildman–Crippen MR) is 73.1 cm³/mol. The van der Waals surface area contributed by atoms with Gasteiger partial charge in [-0.1, -0.05) is 0 Å². The van der Waals surface area contributed by atoms with E-state index in [1.54, 1.807) is 6.92 Å². The monoisotopic (exact) mass is 297 g/mol. The Morgan fingerprint density at radius 2 is 1.75 bits per heavy atom. The molecule has 1 N–H and O–H groups in total. The third-order valence-electron chi connectivity index (χ3n) is 3.09. The molecule has 2 rings (SSSR count). The number of rotatable bonds is 4. The van der Waals surface area contributed by atoms with Crippen LogP contribution < -0.4 is 5.32 Å². The summed E-state index contributed by atoms with van der Waals surface area (Å²) in [5.41, 5.74) is 0.673. The van der Waals surface area contributed by atoms with Crippen LogP contribution in [0.4, 0.5) is 5.00 Å². The fourth-order valence-corrected chi connectivity index (χ4v) is 2.91. The second-order valence-electron chi connectivity index (χ2n) is 4.51. The summed E-state index contributed by atoms with van der Waals surface area (Å²) in [6.45, 7) is 1.63. The molecule has 1 aromatic heterocycles. The molecular formula is C13H15NO5S. The maximum Gasteiger partial charge on any atom is 0.348 e. The summed E-state index contributed by atoms with van der Waals surface area (Å²) in [7, 11) is 2.52.